The second-order valence-corrected chi connectivity index (χ2v) is 5.28. The molecule has 0 saturated heterocycles. The maximum Gasteiger partial charge on any atom is 0.427 e. The molecule has 5 nitrogen and oxygen atoms in total. The molecule has 0 aliphatic heterocycles. The van der Waals surface area contributed by atoms with Gasteiger partial charge in [0.2, 0.25) is 6.17 Å². The van der Waals surface area contributed by atoms with Crippen molar-refractivity contribution in [2.45, 2.75) is 19.3 Å². The van der Waals surface area contributed by atoms with Crippen LogP contribution in [0.2, 0.25) is 0 Å². The molecule has 1 unspecified atom stereocenters. The summed E-state index contributed by atoms with van der Waals surface area (Å²) in [6.07, 6.45) is -7.38. The molecule has 0 saturated carbocycles. The Morgan fingerprint density at radius 3 is 2.24 bits per heavy atom. The van der Waals surface area contributed by atoms with Gasteiger partial charge in [0.25, 0.3) is 5.91 Å². The lowest BCUT2D eigenvalue weighted by molar-refractivity contribution is -0.157. The number of benzene rings is 2. The van der Waals surface area contributed by atoms with Crippen LogP contribution in [0, 0.1) is 6.92 Å². The monoisotopic (exact) mass is 351 g/mol. The molecule has 0 aliphatic carbocycles. The summed E-state index contributed by atoms with van der Waals surface area (Å²) >= 11 is 0. The molecule has 0 aromatic heterocycles. The quantitative estimate of drug-likeness (QED) is 0.739. The first-order valence-electron chi connectivity index (χ1n) is 7.32. The van der Waals surface area contributed by atoms with E-state index in [1.165, 1.54) is 24.3 Å². The van der Waals surface area contributed by atoms with E-state index in [0.29, 0.717) is 5.69 Å². The van der Waals surface area contributed by atoms with E-state index in [-0.39, 0.29) is 5.56 Å². The maximum absolute atomic E-state index is 13.1. The van der Waals surface area contributed by atoms with E-state index < -0.39 is 24.3 Å². The lowest BCUT2D eigenvalue weighted by Gasteiger charge is -2.23. The number of anilines is 1. The predicted octanol–water partition coefficient (Wildman–Crippen LogP) is 3.43. The van der Waals surface area contributed by atoms with E-state index >= 15 is 0 Å². The maximum atomic E-state index is 13.1. The van der Waals surface area contributed by atoms with Crippen molar-refractivity contribution < 1.29 is 22.8 Å². The van der Waals surface area contributed by atoms with Crippen molar-refractivity contribution in [2.75, 3.05) is 5.32 Å². The van der Waals surface area contributed by atoms with Gasteiger partial charge >= 0.3 is 12.2 Å². The number of halogens is 3. The standard InChI is InChI=1S/C17H16F3N3O2/c1-11-6-5-7-12(10-11)14(24)22-15(17(18,19)20)23-16(25)21-13-8-3-2-4-9-13/h2-10,15H,1H3,(H,22,24)(H2,21,23,25). The summed E-state index contributed by atoms with van der Waals surface area (Å²) in [5.41, 5.74) is 1.12. The number of rotatable bonds is 4. The number of urea groups is 1. The molecule has 0 fully saturated rings. The summed E-state index contributed by atoms with van der Waals surface area (Å²) in [5, 5.41) is 5.76. The second-order valence-electron chi connectivity index (χ2n) is 5.28. The molecule has 3 N–H and O–H groups in total. The van der Waals surface area contributed by atoms with E-state index in [1.54, 1.807) is 47.9 Å². The van der Waals surface area contributed by atoms with Crippen molar-refractivity contribution in [3.8, 4) is 0 Å². The molecule has 1 atom stereocenters. The number of alkyl halides is 3. The van der Waals surface area contributed by atoms with Crippen molar-refractivity contribution >= 4 is 17.6 Å². The topological polar surface area (TPSA) is 70.2 Å². The van der Waals surface area contributed by atoms with Gasteiger partial charge in [-0.05, 0) is 31.2 Å². The predicted molar refractivity (Wildman–Crippen MR) is 87.1 cm³/mol. The average Bonchev–Trinajstić information content (AvgIpc) is 2.54. The summed E-state index contributed by atoms with van der Waals surface area (Å²) in [6, 6.07) is 13.0. The van der Waals surface area contributed by atoms with Crippen LogP contribution in [0.3, 0.4) is 0 Å². The van der Waals surface area contributed by atoms with Gasteiger partial charge in [-0.25, -0.2) is 4.79 Å². The molecular formula is C17H16F3N3O2. The smallest absolute Gasteiger partial charge is 0.324 e. The second kappa shape index (κ2) is 7.69. The fourth-order valence-electron chi connectivity index (χ4n) is 2.02. The number of hydrogen-bond acceptors (Lipinski definition) is 2. The van der Waals surface area contributed by atoms with Gasteiger partial charge in [0.1, 0.15) is 0 Å². The lowest BCUT2D eigenvalue weighted by Crippen LogP contribution is -2.57. The number of aryl methyl sites for hydroxylation is 1. The van der Waals surface area contributed by atoms with Crippen molar-refractivity contribution in [2.24, 2.45) is 0 Å². The van der Waals surface area contributed by atoms with Crippen LogP contribution in [-0.2, 0) is 0 Å². The van der Waals surface area contributed by atoms with Crippen LogP contribution >= 0.6 is 0 Å². The zero-order chi connectivity index (χ0) is 18.4. The Balaban J connectivity index is 2.06. The van der Waals surface area contributed by atoms with Crippen LogP contribution in [0.1, 0.15) is 15.9 Å². The van der Waals surface area contributed by atoms with E-state index in [2.05, 4.69) is 5.32 Å². The number of amides is 3. The summed E-state index contributed by atoms with van der Waals surface area (Å²) in [7, 11) is 0. The van der Waals surface area contributed by atoms with Crippen molar-refractivity contribution in [3.63, 3.8) is 0 Å². The Bertz CT molecular complexity index is 748. The zero-order valence-electron chi connectivity index (χ0n) is 13.2. The largest absolute Gasteiger partial charge is 0.427 e. The molecule has 8 heteroatoms. The SMILES string of the molecule is Cc1cccc(C(=O)NC(NC(=O)Nc2ccccc2)C(F)(F)F)c1. The summed E-state index contributed by atoms with van der Waals surface area (Å²) in [5.74, 6) is -0.939. The number of para-hydroxylation sites is 1. The Morgan fingerprint density at radius 1 is 0.960 bits per heavy atom. The number of carbonyl (C=O) groups excluding carboxylic acids is 2. The first-order chi connectivity index (χ1) is 11.8. The first kappa shape index (κ1) is 18.3. The van der Waals surface area contributed by atoms with Gasteiger partial charge in [-0.3, -0.25) is 4.79 Å². The normalized spacial score (nSPS) is 12.2. The van der Waals surface area contributed by atoms with E-state index in [0.717, 1.165) is 5.56 Å². The van der Waals surface area contributed by atoms with Crippen LogP contribution in [-0.4, -0.2) is 24.3 Å². The third kappa shape index (κ3) is 5.52. The van der Waals surface area contributed by atoms with Gasteiger partial charge in [0.15, 0.2) is 0 Å². The molecule has 0 spiro atoms. The molecule has 3 amide bonds. The van der Waals surface area contributed by atoms with Crippen LogP contribution < -0.4 is 16.0 Å². The van der Waals surface area contributed by atoms with E-state index in [1.807, 2.05) is 0 Å². The van der Waals surface area contributed by atoms with Crippen LogP contribution in [0.5, 0.6) is 0 Å². The number of hydrogen-bond donors (Lipinski definition) is 3. The summed E-state index contributed by atoms with van der Waals surface area (Å²) in [4.78, 5) is 23.8. The van der Waals surface area contributed by atoms with Gasteiger partial charge < -0.3 is 16.0 Å². The highest BCUT2D eigenvalue weighted by molar-refractivity contribution is 5.95. The highest BCUT2D eigenvalue weighted by Gasteiger charge is 2.42. The Labute approximate surface area is 142 Å². The van der Waals surface area contributed by atoms with Crippen molar-refractivity contribution in [1.82, 2.24) is 10.6 Å². The molecule has 0 radical (unpaired) electrons. The molecule has 0 heterocycles. The van der Waals surface area contributed by atoms with Crippen LogP contribution in [0.4, 0.5) is 23.7 Å². The molecule has 0 aliphatic rings. The molecule has 0 bridgehead atoms. The minimum Gasteiger partial charge on any atom is -0.324 e. The van der Waals surface area contributed by atoms with Crippen LogP contribution in [0.25, 0.3) is 0 Å². The molecule has 2 aromatic rings. The summed E-state index contributed by atoms with van der Waals surface area (Å²) < 4.78 is 39.4. The number of nitrogens with one attached hydrogen (secondary N) is 3. The van der Waals surface area contributed by atoms with Gasteiger partial charge in [-0.1, -0.05) is 35.9 Å². The number of carbonyl (C=O) groups is 2. The minimum atomic E-state index is -4.85. The molecule has 2 aromatic carbocycles. The highest BCUT2D eigenvalue weighted by Crippen LogP contribution is 2.19. The third-order valence-corrected chi connectivity index (χ3v) is 3.19. The Hall–Kier alpha value is -3.03. The fraction of sp³-hybridized carbons (Fsp3) is 0.176. The fourth-order valence-corrected chi connectivity index (χ4v) is 2.02. The minimum absolute atomic E-state index is 0.0690. The van der Waals surface area contributed by atoms with Gasteiger partial charge in [-0.2, -0.15) is 13.2 Å². The Kier molecular flexibility index (Phi) is 5.63. The first-order valence-corrected chi connectivity index (χ1v) is 7.32. The highest BCUT2D eigenvalue weighted by atomic mass is 19.4. The summed E-state index contributed by atoms with van der Waals surface area (Å²) in [6.45, 7) is 1.71. The molecule has 2 rings (SSSR count). The van der Waals surface area contributed by atoms with E-state index in [9.17, 15) is 22.8 Å². The third-order valence-electron chi connectivity index (χ3n) is 3.19. The van der Waals surface area contributed by atoms with Gasteiger partial charge in [0.05, 0.1) is 0 Å². The zero-order valence-corrected chi connectivity index (χ0v) is 13.2. The van der Waals surface area contributed by atoms with Crippen molar-refractivity contribution in [3.05, 3.63) is 65.7 Å². The van der Waals surface area contributed by atoms with Gasteiger partial charge in [0, 0.05) is 11.3 Å². The van der Waals surface area contributed by atoms with Crippen LogP contribution in [0.15, 0.2) is 54.6 Å². The van der Waals surface area contributed by atoms with Gasteiger partial charge in [-0.15, -0.1) is 0 Å². The van der Waals surface area contributed by atoms with Crippen molar-refractivity contribution in [1.29, 1.82) is 0 Å². The molecule has 25 heavy (non-hydrogen) atoms. The lowest BCUT2D eigenvalue weighted by atomic mass is 10.1. The Morgan fingerprint density at radius 2 is 1.64 bits per heavy atom. The average molecular weight is 351 g/mol. The van der Waals surface area contributed by atoms with E-state index in [4.69, 9.17) is 0 Å². The molecule has 132 valence electrons. The molecular weight excluding hydrogens is 335 g/mol.